The molecule has 0 bridgehead atoms. The van der Waals surface area contributed by atoms with Crippen molar-refractivity contribution in [2.75, 3.05) is 6.61 Å². The first-order chi connectivity index (χ1) is 4.33. The Labute approximate surface area is 53.3 Å². The minimum Gasteiger partial charge on any atom is -0.396 e. The number of aromatic nitrogens is 1. The molecular weight excluding hydrogens is 118 g/mol. The Balaban J connectivity index is 2.61. The number of nitrogens with zero attached hydrogens (tertiary/aromatic N) is 1. The molecule has 0 saturated carbocycles. The predicted octanol–water partition coefficient (Wildman–Crippen LogP) is 0.518. The number of hydrogen-bond acceptors (Lipinski definition) is 3. The first-order valence-corrected chi connectivity index (χ1v) is 2.86. The summed E-state index contributed by atoms with van der Waals surface area (Å²) in [4.78, 5) is 0. The van der Waals surface area contributed by atoms with Crippen LogP contribution in [0.5, 0.6) is 0 Å². The van der Waals surface area contributed by atoms with Crippen molar-refractivity contribution >= 4 is 0 Å². The Morgan fingerprint density at radius 3 is 3.00 bits per heavy atom. The zero-order valence-corrected chi connectivity index (χ0v) is 5.29. The molecular formula is C6H9NO2. The van der Waals surface area contributed by atoms with Gasteiger partial charge >= 0.3 is 0 Å². The fourth-order valence-electron chi connectivity index (χ4n) is 0.650. The summed E-state index contributed by atoms with van der Waals surface area (Å²) in [6.45, 7) is 1.96. The van der Waals surface area contributed by atoms with Crippen molar-refractivity contribution in [3.63, 3.8) is 0 Å². The minimum absolute atomic E-state index is 0.131. The maximum atomic E-state index is 8.45. The highest BCUT2D eigenvalue weighted by atomic mass is 16.5. The quantitative estimate of drug-likeness (QED) is 0.629. The molecule has 0 atom stereocenters. The monoisotopic (exact) mass is 127 g/mol. The smallest absolute Gasteiger partial charge is 0.133 e. The van der Waals surface area contributed by atoms with E-state index in [1.807, 2.05) is 13.0 Å². The molecule has 3 nitrogen and oxygen atoms in total. The highest BCUT2D eigenvalue weighted by Crippen LogP contribution is 2.00. The Hall–Kier alpha value is -0.830. The molecule has 0 amide bonds. The molecule has 0 saturated heterocycles. The Kier molecular flexibility index (Phi) is 1.85. The van der Waals surface area contributed by atoms with Gasteiger partial charge in [-0.2, -0.15) is 0 Å². The number of hydrogen-bond donors (Lipinski definition) is 1. The normalized spacial score (nSPS) is 10.0. The first kappa shape index (κ1) is 6.29. The highest BCUT2D eigenvalue weighted by molar-refractivity contribution is 5.03. The van der Waals surface area contributed by atoms with Crippen LogP contribution >= 0.6 is 0 Å². The van der Waals surface area contributed by atoms with Gasteiger partial charge < -0.3 is 9.63 Å². The molecule has 0 aliphatic rings. The van der Waals surface area contributed by atoms with Crippen LogP contribution in [-0.4, -0.2) is 16.9 Å². The van der Waals surface area contributed by atoms with Crippen LogP contribution in [0, 0.1) is 6.92 Å². The number of rotatable bonds is 2. The molecule has 1 heterocycles. The van der Waals surface area contributed by atoms with Crippen LogP contribution in [0.1, 0.15) is 11.5 Å². The molecule has 0 fully saturated rings. The molecule has 0 aromatic carbocycles. The predicted molar refractivity (Wildman–Crippen MR) is 32.0 cm³/mol. The summed E-state index contributed by atoms with van der Waals surface area (Å²) < 4.78 is 4.76. The lowest BCUT2D eigenvalue weighted by Crippen LogP contribution is -1.88. The maximum Gasteiger partial charge on any atom is 0.133 e. The highest BCUT2D eigenvalue weighted by Gasteiger charge is 1.96. The van der Waals surface area contributed by atoms with Crippen molar-refractivity contribution in [3.8, 4) is 0 Å². The van der Waals surface area contributed by atoms with Gasteiger partial charge in [-0.15, -0.1) is 0 Å². The summed E-state index contributed by atoms with van der Waals surface area (Å²) >= 11 is 0. The Morgan fingerprint density at radius 2 is 2.56 bits per heavy atom. The molecule has 1 aromatic rings. The lowest BCUT2D eigenvalue weighted by molar-refractivity contribution is 0.293. The maximum absolute atomic E-state index is 8.45. The lowest BCUT2D eigenvalue weighted by Gasteiger charge is -1.82. The minimum atomic E-state index is 0.131. The van der Waals surface area contributed by atoms with Crippen molar-refractivity contribution in [2.24, 2.45) is 0 Å². The van der Waals surface area contributed by atoms with E-state index < -0.39 is 0 Å². The third-order valence-electron chi connectivity index (χ3n) is 1.04. The van der Waals surface area contributed by atoms with E-state index in [0.29, 0.717) is 6.42 Å². The summed E-state index contributed by atoms with van der Waals surface area (Å²) in [5.41, 5.74) is 0.815. The van der Waals surface area contributed by atoms with Gasteiger partial charge in [0.1, 0.15) is 5.76 Å². The fraction of sp³-hybridized carbons (Fsp3) is 0.500. The van der Waals surface area contributed by atoms with E-state index in [1.54, 1.807) is 0 Å². The largest absolute Gasteiger partial charge is 0.396 e. The van der Waals surface area contributed by atoms with Gasteiger partial charge in [0, 0.05) is 19.1 Å². The first-order valence-electron chi connectivity index (χ1n) is 2.86. The molecule has 1 rings (SSSR count). The third kappa shape index (κ3) is 1.54. The van der Waals surface area contributed by atoms with Crippen molar-refractivity contribution in [1.29, 1.82) is 0 Å². The second-order valence-electron chi connectivity index (χ2n) is 1.90. The zero-order valence-electron chi connectivity index (χ0n) is 5.29. The average Bonchev–Trinajstić information content (AvgIpc) is 2.17. The van der Waals surface area contributed by atoms with E-state index in [0.717, 1.165) is 11.5 Å². The van der Waals surface area contributed by atoms with Gasteiger partial charge in [0.2, 0.25) is 0 Å². The zero-order chi connectivity index (χ0) is 6.69. The second kappa shape index (κ2) is 2.64. The molecule has 1 N–H and O–H groups in total. The van der Waals surface area contributed by atoms with Crippen LogP contribution in [0.25, 0.3) is 0 Å². The van der Waals surface area contributed by atoms with Crippen LogP contribution in [0.4, 0.5) is 0 Å². The van der Waals surface area contributed by atoms with Gasteiger partial charge in [-0.1, -0.05) is 5.16 Å². The van der Waals surface area contributed by atoms with Crippen molar-refractivity contribution < 1.29 is 9.63 Å². The van der Waals surface area contributed by atoms with Crippen LogP contribution in [0.2, 0.25) is 0 Å². The molecule has 0 aliphatic carbocycles. The summed E-state index contributed by atoms with van der Waals surface area (Å²) in [5.74, 6) is 0.790. The van der Waals surface area contributed by atoms with Gasteiger partial charge in [0.05, 0.1) is 5.69 Å². The molecule has 3 heteroatoms. The lowest BCUT2D eigenvalue weighted by atomic mass is 10.3. The van der Waals surface area contributed by atoms with E-state index in [1.165, 1.54) is 0 Å². The van der Waals surface area contributed by atoms with E-state index in [4.69, 9.17) is 9.63 Å². The van der Waals surface area contributed by atoms with E-state index in [9.17, 15) is 0 Å². The number of aryl methyl sites for hydroxylation is 1. The van der Waals surface area contributed by atoms with Crippen molar-refractivity contribution in [3.05, 3.63) is 17.5 Å². The average molecular weight is 127 g/mol. The Bertz CT molecular complexity index is 183. The second-order valence-corrected chi connectivity index (χ2v) is 1.90. The van der Waals surface area contributed by atoms with Crippen LogP contribution < -0.4 is 0 Å². The molecule has 0 spiro atoms. The van der Waals surface area contributed by atoms with Crippen LogP contribution in [0.15, 0.2) is 10.6 Å². The topological polar surface area (TPSA) is 46.3 Å². The number of aliphatic hydroxyl groups excluding tert-OH is 1. The molecule has 50 valence electrons. The van der Waals surface area contributed by atoms with Crippen molar-refractivity contribution in [2.45, 2.75) is 13.3 Å². The SMILES string of the molecule is Cc1cc(CCO)no1. The van der Waals surface area contributed by atoms with E-state index >= 15 is 0 Å². The summed E-state index contributed by atoms with van der Waals surface area (Å²) in [7, 11) is 0. The summed E-state index contributed by atoms with van der Waals surface area (Å²) in [6, 6.07) is 1.82. The van der Waals surface area contributed by atoms with Gasteiger partial charge in [-0.05, 0) is 6.92 Å². The molecule has 0 aliphatic heterocycles. The van der Waals surface area contributed by atoms with Crippen molar-refractivity contribution in [1.82, 2.24) is 5.16 Å². The van der Waals surface area contributed by atoms with E-state index in [-0.39, 0.29) is 6.61 Å². The van der Waals surface area contributed by atoms with Crippen LogP contribution in [0.3, 0.4) is 0 Å². The van der Waals surface area contributed by atoms with Gasteiger partial charge in [-0.25, -0.2) is 0 Å². The third-order valence-corrected chi connectivity index (χ3v) is 1.04. The van der Waals surface area contributed by atoms with Gasteiger partial charge in [0.15, 0.2) is 0 Å². The molecule has 1 aromatic heterocycles. The Morgan fingerprint density at radius 1 is 1.78 bits per heavy atom. The van der Waals surface area contributed by atoms with Crippen LogP contribution in [-0.2, 0) is 6.42 Å². The molecule has 0 unspecified atom stereocenters. The fourth-order valence-corrected chi connectivity index (χ4v) is 0.650. The van der Waals surface area contributed by atoms with E-state index in [2.05, 4.69) is 5.16 Å². The van der Waals surface area contributed by atoms with Gasteiger partial charge in [-0.3, -0.25) is 0 Å². The summed E-state index contributed by atoms with van der Waals surface area (Å²) in [5, 5.41) is 12.1. The van der Waals surface area contributed by atoms with Gasteiger partial charge in [0.25, 0.3) is 0 Å². The number of aliphatic hydroxyl groups is 1. The molecule has 9 heavy (non-hydrogen) atoms. The summed E-state index contributed by atoms with van der Waals surface area (Å²) in [6.07, 6.45) is 0.581. The standard InChI is InChI=1S/C6H9NO2/c1-5-4-6(2-3-8)7-9-5/h4,8H,2-3H2,1H3. The molecule has 0 radical (unpaired) electrons.